The van der Waals surface area contributed by atoms with E-state index in [-0.39, 0.29) is 6.61 Å². The molecule has 30 atom stereocenters. The molecule has 0 aliphatic carbocycles. The fraction of sp³-hybridized carbons (Fsp3) is 0.740. The molecule has 0 bridgehead atoms. The van der Waals surface area contributed by atoms with Gasteiger partial charge in [-0.25, -0.2) is 0 Å². The van der Waals surface area contributed by atoms with Gasteiger partial charge in [0.15, 0.2) is 111 Å². The second-order valence-electron chi connectivity index (χ2n) is 27.6. The molecule has 0 radical (unpaired) electrons. The minimum atomic E-state index is -2.43. The van der Waals surface area contributed by atoms with Crippen LogP contribution in [0.2, 0.25) is 0 Å². The summed E-state index contributed by atoms with van der Waals surface area (Å²) in [6.45, 7) is 15.4. The van der Waals surface area contributed by atoms with E-state index < -0.39 is 319 Å². The zero-order valence-electron chi connectivity index (χ0n) is 68.7. The maximum absolute atomic E-state index is 14.2. The molecule has 0 aromatic carbocycles. The largest absolute Gasteiger partial charge is 0.463 e. The van der Waals surface area contributed by atoms with Crippen LogP contribution < -0.4 is 5.32 Å². The Bertz CT molecular complexity index is 3660. The summed E-state index contributed by atoms with van der Waals surface area (Å²) < 4.78 is 168. The van der Waals surface area contributed by atoms with E-state index >= 15 is 0 Å². The molecule has 0 spiro atoms. The van der Waals surface area contributed by atoms with Gasteiger partial charge < -0.3 is 143 Å². The highest BCUT2D eigenvalue weighted by atomic mass is 16.8. The van der Waals surface area contributed by atoms with E-state index in [9.17, 15) is 86.6 Å². The summed E-state index contributed by atoms with van der Waals surface area (Å²) in [7, 11) is 0. The fourth-order valence-corrected chi connectivity index (χ4v) is 13.5. The number of esters is 16. The normalized spacial score (nSPS) is 33.9. The highest BCUT2D eigenvalue weighted by molar-refractivity contribution is 5.74. The summed E-state index contributed by atoms with van der Waals surface area (Å²) in [6, 6.07) is -2.19. The lowest BCUT2D eigenvalue weighted by molar-refractivity contribution is -0.393. The first-order valence-electron chi connectivity index (χ1n) is 37.2. The van der Waals surface area contributed by atoms with Crippen molar-refractivity contribution in [1.29, 1.82) is 0 Å². The first-order chi connectivity index (χ1) is 56.3. The van der Waals surface area contributed by atoms with Crippen LogP contribution in [0.3, 0.4) is 0 Å². The van der Waals surface area contributed by atoms with Crippen molar-refractivity contribution in [2.24, 2.45) is 0 Å². The van der Waals surface area contributed by atoms with Crippen LogP contribution in [0.1, 0.15) is 125 Å². The Morgan fingerprint density at radius 1 is 0.275 bits per heavy atom. The van der Waals surface area contributed by atoms with Crippen LogP contribution in [0.15, 0.2) is 12.7 Å². The first kappa shape index (κ1) is 99.0. The molecule has 6 fully saturated rings. The number of rotatable bonds is 35. The van der Waals surface area contributed by atoms with E-state index in [0.29, 0.717) is 0 Å². The number of amides is 1. The van der Waals surface area contributed by atoms with Gasteiger partial charge in [0.05, 0.1) is 12.7 Å². The molecule has 2 N–H and O–H groups in total. The maximum Gasteiger partial charge on any atom is 0.303 e. The average molecular weight is 1730 g/mol. The summed E-state index contributed by atoms with van der Waals surface area (Å²) in [5.41, 5.74) is 0. The van der Waals surface area contributed by atoms with Crippen molar-refractivity contribution < 1.29 is 219 Å². The topological polar surface area (TPSA) is 581 Å². The van der Waals surface area contributed by atoms with Crippen LogP contribution in [0.25, 0.3) is 0 Å². The highest BCUT2D eigenvalue weighted by Crippen LogP contribution is 2.43. The lowest BCUT2D eigenvalue weighted by Crippen LogP contribution is -2.72. The standard InChI is InChI=1S/C73H101NO46/c1-20-21-93-69-51(92)59(104-38(13)85)54(46(112-69)23-95-30(5)77)116-71-65(109-43(18)90)62(107-41(16)88)57(49(115-71)26-98-33(8)80)117-72-66(110-44(19)91)63(56(103-37(12)84)48(113-72)25-97-32(7)79)119-68-50(74-28(3)75)58(53(101-35(10)82)45(111-68)22-94-29(4)76)118-73-67(61(106-40(15)87)55(102-36(11)83)47(114-73)24-96-31(6)78)120-70-64(108-42(17)89)60(105-39(14)86)52(27(2)99-70)100-34(9)81/h20,27,45-73,92H,1,21-26H2,2-19H3,(H,74,75)/t27-,45+,46+,47+,48+,49+,50+,51+,52+,53-,54+,55-,56-,57-,58+,59+,60+,61-,62-,63-,64-,65+,66+,67+,68-,69+,70-,71-,72+,73-/m0/s1. The molecule has 6 aliphatic heterocycles. The zero-order valence-corrected chi connectivity index (χ0v) is 68.7. The summed E-state index contributed by atoms with van der Waals surface area (Å²) >= 11 is 0. The minimum Gasteiger partial charge on any atom is -0.463 e. The lowest BCUT2D eigenvalue weighted by atomic mass is 9.93. The molecule has 0 unspecified atom stereocenters. The fourth-order valence-electron chi connectivity index (χ4n) is 13.5. The number of nitrogens with one attached hydrogen (secondary N) is 1. The lowest BCUT2D eigenvalue weighted by Gasteiger charge is -2.52. The predicted molar refractivity (Wildman–Crippen MR) is 376 cm³/mol. The van der Waals surface area contributed by atoms with E-state index in [1.54, 1.807) is 0 Å². The molecule has 6 aliphatic rings. The van der Waals surface area contributed by atoms with E-state index in [1.165, 1.54) is 13.0 Å². The molecule has 0 aromatic rings. The van der Waals surface area contributed by atoms with Gasteiger partial charge in [-0.1, -0.05) is 6.08 Å². The van der Waals surface area contributed by atoms with Crippen LogP contribution in [-0.4, -0.2) is 330 Å². The predicted octanol–water partition coefficient (Wildman–Crippen LogP) is -2.59. The molecule has 47 nitrogen and oxygen atoms in total. The molecule has 1 amide bonds. The van der Waals surface area contributed by atoms with E-state index in [0.717, 1.165) is 118 Å². The van der Waals surface area contributed by atoms with Gasteiger partial charge in [-0.15, -0.1) is 6.58 Å². The molecular weight excluding hydrogens is 1630 g/mol. The van der Waals surface area contributed by atoms with Crippen LogP contribution in [0, 0.1) is 0 Å². The summed E-state index contributed by atoms with van der Waals surface area (Å²) in [4.78, 5) is 225. The van der Waals surface area contributed by atoms with Crippen molar-refractivity contribution in [3.63, 3.8) is 0 Å². The number of ether oxygens (including phenoxy) is 28. The molecule has 120 heavy (non-hydrogen) atoms. The molecule has 6 saturated heterocycles. The van der Waals surface area contributed by atoms with E-state index in [1.807, 2.05) is 0 Å². The van der Waals surface area contributed by atoms with Crippen LogP contribution in [-0.2, 0) is 214 Å². The van der Waals surface area contributed by atoms with Crippen LogP contribution in [0.5, 0.6) is 0 Å². The van der Waals surface area contributed by atoms with Gasteiger partial charge in [-0.3, -0.25) is 81.5 Å². The van der Waals surface area contributed by atoms with Gasteiger partial charge in [0, 0.05) is 118 Å². The SMILES string of the molecule is C=CCO[C@@H]1O[C@H](COC(C)=O)[C@@H](O[C@@H]2O[C@H](COC(C)=O)[C@H](O[C@H]3O[C@H](COC(C)=O)[C@H](OC(C)=O)[C@H](O[C@@H]4O[C@H](COC(C)=O)[C@H](OC(C)=O)[C@H](O[C@@H]5O[C@H](COC(C)=O)[C@H](OC(C)=O)[C@H](OC(C)=O)[C@H]5O[C@@H]5O[C@@H](C)[C@@H](OC(C)=O)[C@@H](OC(C)=O)[C@@H]5OC(C)=O)[C@H]4NC(C)=O)[C@H]3OC(C)=O)[C@H](OC(C)=O)[C@H]2OC(C)=O)[C@H](OC(C)=O)[C@H]1O. The van der Waals surface area contributed by atoms with Gasteiger partial charge >= 0.3 is 95.5 Å². The monoisotopic (exact) mass is 1730 g/mol. The van der Waals surface area contributed by atoms with Gasteiger partial charge in [-0.2, -0.15) is 0 Å². The van der Waals surface area contributed by atoms with Crippen molar-refractivity contribution in [1.82, 2.24) is 5.32 Å². The smallest absolute Gasteiger partial charge is 0.303 e. The zero-order chi connectivity index (χ0) is 89.6. The number of aliphatic hydroxyl groups is 1. The third kappa shape index (κ3) is 29.0. The van der Waals surface area contributed by atoms with E-state index in [4.69, 9.17) is 133 Å². The summed E-state index contributed by atoms with van der Waals surface area (Å²) in [5.74, 6) is -18.7. The average Bonchev–Trinajstić information content (AvgIpc) is 0.753. The Kier molecular flexibility index (Phi) is 37.7. The Labute approximate surface area is 685 Å². The first-order valence-corrected chi connectivity index (χ1v) is 37.2. The molecule has 47 heteroatoms. The highest BCUT2D eigenvalue weighted by Gasteiger charge is 2.64. The summed E-state index contributed by atoms with van der Waals surface area (Å²) in [6.07, 6.45) is -58.4. The van der Waals surface area contributed by atoms with Gasteiger partial charge in [0.2, 0.25) is 5.91 Å². The molecule has 674 valence electrons. The molecular formula is C73H101NO46. The third-order valence-electron chi connectivity index (χ3n) is 17.5. The van der Waals surface area contributed by atoms with Gasteiger partial charge in [0.1, 0.15) is 100 Å². The van der Waals surface area contributed by atoms with Crippen molar-refractivity contribution in [3.05, 3.63) is 12.7 Å². The van der Waals surface area contributed by atoms with E-state index in [2.05, 4.69) is 11.9 Å². The van der Waals surface area contributed by atoms with Gasteiger partial charge in [-0.05, 0) is 6.92 Å². The minimum absolute atomic E-state index is 0.277. The van der Waals surface area contributed by atoms with Crippen molar-refractivity contribution in [2.45, 2.75) is 309 Å². The number of carbonyl (C=O) groups excluding carboxylic acids is 17. The summed E-state index contributed by atoms with van der Waals surface area (Å²) in [5, 5.41) is 14.3. The molecule has 0 aromatic heterocycles. The van der Waals surface area contributed by atoms with Crippen molar-refractivity contribution in [2.75, 3.05) is 39.6 Å². The van der Waals surface area contributed by atoms with Gasteiger partial charge in [0.25, 0.3) is 0 Å². The Morgan fingerprint density at radius 3 is 0.875 bits per heavy atom. The quantitative estimate of drug-likeness (QED) is 0.0374. The Balaban J connectivity index is 1.65. The maximum atomic E-state index is 14.2. The molecule has 6 heterocycles. The third-order valence-corrected chi connectivity index (χ3v) is 17.5. The second-order valence-corrected chi connectivity index (χ2v) is 27.6. The Hall–Kier alpha value is -9.79. The second kappa shape index (κ2) is 45.7. The molecule has 0 saturated carbocycles. The number of hydrogen-bond acceptors (Lipinski definition) is 46. The molecule has 6 rings (SSSR count). The number of aliphatic hydroxyl groups excluding tert-OH is 1. The van der Waals surface area contributed by atoms with Crippen molar-refractivity contribution in [3.8, 4) is 0 Å². The van der Waals surface area contributed by atoms with Crippen LogP contribution >= 0.6 is 0 Å². The van der Waals surface area contributed by atoms with Crippen LogP contribution in [0.4, 0.5) is 0 Å². The Morgan fingerprint density at radius 2 is 0.517 bits per heavy atom. The van der Waals surface area contributed by atoms with Crippen molar-refractivity contribution >= 4 is 101 Å². The number of hydrogen-bond donors (Lipinski definition) is 2. The number of carbonyl (C=O) groups is 17.